The molecule has 0 saturated carbocycles. The lowest BCUT2D eigenvalue weighted by atomic mass is 9.77. The van der Waals surface area contributed by atoms with Gasteiger partial charge in [0, 0.05) is 31.9 Å². The number of aromatic nitrogens is 4. The summed E-state index contributed by atoms with van der Waals surface area (Å²) in [6.45, 7) is 2.79. The fourth-order valence-corrected chi connectivity index (χ4v) is 4.31. The van der Waals surface area contributed by atoms with Gasteiger partial charge in [-0.1, -0.05) is 23.7 Å². The number of likely N-dealkylation sites (tertiary alicyclic amines) is 1. The maximum Gasteiger partial charge on any atom is 0.229 e. The molecular formula is C19H24ClN5O3. The van der Waals surface area contributed by atoms with Crippen LogP contribution in [0, 0.1) is 5.41 Å². The fourth-order valence-electron chi connectivity index (χ4n) is 4.18. The Kier molecular flexibility index (Phi) is 5.61. The highest BCUT2D eigenvalue weighted by Gasteiger charge is 2.53. The average Bonchev–Trinajstić information content (AvgIpc) is 3.27. The Morgan fingerprint density at radius 3 is 2.75 bits per heavy atom. The maximum atomic E-state index is 13.5. The summed E-state index contributed by atoms with van der Waals surface area (Å²) in [6.07, 6.45) is 2.17. The van der Waals surface area contributed by atoms with Crippen LogP contribution in [0.25, 0.3) is 0 Å². The van der Waals surface area contributed by atoms with Crippen molar-refractivity contribution in [1.82, 2.24) is 25.1 Å². The number of tetrazole rings is 1. The molecule has 2 saturated heterocycles. The molecule has 0 aliphatic carbocycles. The summed E-state index contributed by atoms with van der Waals surface area (Å²) in [4.78, 5) is 15.4. The minimum Gasteiger partial charge on any atom is -0.383 e. The third-order valence-corrected chi connectivity index (χ3v) is 6.01. The summed E-state index contributed by atoms with van der Waals surface area (Å²) < 4.78 is 12.4. The standard InChI is InChI=1S/C19H24ClN5O3/c1-27-11-8-25-17(21-22-23-25)16-12-19(6-9-28-10-7-19)18(26)24(16)13-14-2-4-15(20)5-3-14/h2-5,16H,6-13H2,1H3. The lowest BCUT2D eigenvalue weighted by Crippen LogP contribution is -2.38. The Balaban J connectivity index is 1.66. The Hall–Kier alpha value is -2.03. The first-order chi connectivity index (χ1) is 13.6. The lowest BCUT2D eigenvalue weighted by molar-refractivity contribution is -0.141. The first-order valence-electron chi connectivity index (χ1n) is 9.51. The van der Waals surface area contributed by atoms with Crippen LogP contribution in [-0.4, -0.2) is 57.9 Å². The third kappa shape index (κ3) is 3.64. The van der Waals surface area contributed by atoms with Crippen LogP contribution >= 0.6 is 11.6 Å². The second-order valence-electron chi connectivity index (χ2n) is 7.43. The van der Waals surface area contributed by atoms with Gasteiger partial charge in [-0.2, -0.15) is 0 Å². The highest BCUT2D eigenvalue weighted by atomic mass is 35.5. The van der Waals surface area contributed by atoms with Crippen LogP contribution in [0.1, 0.15) is 36.7 Å². The van der Waals surface area contributed by atoms with E-state index in [1.165, 1.54) is 0 Å². The maximum absolute atomic E-state index is 13.5. The highest BCUT2D eigenvalue weighted by molar-refractivity contribution is 6.30. The zero-order valence-corrected chi connectivity index (χ0v) is 16.6. The van der Waals surface area contributed by atoms with Crippen molar-refractivity contribution in [1.29, 1.82) is 0 Å². The predicted molar refractivity (Wildman–Crippen MR) is 102 cm³/mol. The van der Waals surface area contributed by atoms with E-state index in [0.717, 1.165) is 18.4 Å². The number of carbonyl (C=O) groups excluding carboxylic acids is 1. The molecule has 2 aromatic rings. The molecule has 1 aromatic carbocycles. The van der Waals surface area contributed by atoms with Gasteiger partial charge in [-0.25, -0.2) is 4.68 Å². The molecule has 28 heavy (non-hydrogen) atoms. The van der Waals surface area contributed by atoms with Gasteiger partial charge in [-0.05, 0) is 47.4 Å². The number of rotatable bonds is 6. The van der Waals surface area contributed by atoms with Crippen molar-refractivity contribution in [2.75, 3.05) is 26.9 Å². The molecule has 0 radical (unpaired) electrons. The smallest absolute Gasteiger partial charge is 0.229 e. The Morgan fingerprint density at radius 2 is 2.04 bits per heavy atom. The number of ether oxygens (including phenoxy) is 2. The highest BCUT2D eigenvalue weighted by Crippen LogP contribution is 2.49. The number of nitrogens with zero attached hydrogens (tertiary/aromatic N) is 5. The Morgan fingerprint density at radius 1 is 1.29 bits per heavy atom. The molecule has 3 heterocycles. The SMILES string of the molecule is COCCn1nnnc1C1CC2(CCOCC2)C(=O)N1Cc1ccc(Cl)cc1. The molecule has 1 atom stereocenters. The van der Waals surface area contributed by atoms with Gasteiger partial charge in [0.15, 0.2) is 5.82 Å². The number of amides is 1. The summed E-state index contributed by atoms with van der Waals surface area (Å²) in [5, 5.41) is 12.9. The van der Waals surface area contributed by atoms with Crippen LogP contribution in [0.4, 0.5) is 0 Å². The number of benzene rings is 1. The minimum absolute atomic E-state index is 0.164. The van der Waals surface area contributed by atoms with Gasteiger partial charge >= 0.3 is 0 Å². The molecule has 1 amide bonds. The number of hydrogen-bond acceptors (Lipinski definition) is 6. The molecule has 1 unspecified atom stereocenters. The summed E-state index contributed by atoms with van der Waals surface area (Å²) in [6, 6.07) is 7.43. The predicted octanol–water partition coefficient (Wildman–Crippen LogP) is 2.24. The number of halogens is 1. The van der Waals surface area contributed by atoms with E-state index in [1.54, 1.807) is 11.8 Å². The van der Waals surface area contributed by atoms with Crippen molar-refractivity contribution in [3.05, 3.63) is 40.7 Å². The average molecular weight is 406 g/mol. The normalized spacial score (nSPS) is 21.6. The topological polar surface area (TPSA) is 82.4 Å². The van der Waals surface area contributed by atoms with Crippen molar-refractivity contribution in [2.45, 2.75) is 38.4 Å². The molecule has 2 aliphatic heterocycles. The van der Waals surface area contributed by atoms with E-state index in [4.69, 9.17) is 21.1 Å². The number of hydrogen-bond donors (Lipinski definition) is 0. The monoisotopic (exact) mass is 405 g/mol. The van der Waals surface area contributed by atoms with E-state index in [1.807, 2.05) is 29.2 Å². The molecule has 1 spiro atoms. The second-order valence-corrected chi connectivity index (χ2v) is 7.86. The first kappa shape index (κ1) is 19.3. The Labute approximate surface area is 168 Å². The Bertz CT molecular complexity index is 819. The minimum atomic E-state index is -0.395. The van der Waals surface area contributed by atoms with Gasteiger partial charge in [-0.3, -0.25) is 4.79 Å². The molecule has 0 N–H and O–H groups in total. The van der Waals surface area contributed by atoms with Crippen molar-refractivity contribution >= 4 is 17.5 Å². The van der Waals surface area contributed by atoms with E-state index in [0.29, 0.717) is 50.2 Å². The number of methoxy groups -OCH3 is 1. The van der Waals surface area contributed by atoms with E-state index >= 15 is 0 Å². The number of carbonyl (C=O) groups is 1. The van der Waals surface area contributed by atoms with Gasteiger partial charge in [0.1, 0.15) is 0 Å². The van der Waals surface area contributed by atoms with Crippen LogP contribution in [0.2, 0.25) is 5.02 Å². The van der Waals surface area contributed by atoms with Gasteiger partial charge in [0.25, 0.3) is 0 Å². The molecule has 2 fully saturated rings. The second kappa shape index (κ2) is 8.14. The zero-order chi connectivity index (χ0) is 19.6. The van der Waals surface area contributed by atoms with E-state index in [9.17, 15) is 4.79 Å². The summed E-state index contributed by atoms with van der Waals surface area (Å²) in [7, 11) is 1.65. The van der Waals surface area contributed by atoms with Gasteiger partial charge < -0.3 is 14.4 Å². The van der Waals surface area contributed by atoms with Crippen molar-refractivity contribution in [3.63, 3.8) is 0 Å². The fraction of sp³-hybridized carbons (Fsp3) is 0.579. The summed E-state index contributed by atoms with van der Waals surface area (Å²) in [5.74, 6) is 0.875. The molecule has 1 aromatic heterocycles. The lowest BCUT2D eigenvalue weighted by Gasteiger charge is -2.31. The molecule has 150 valence electrons. The van der Waals surface area contributed by atoms with Crippen molar-refractivity contribution in [2.24, 2.45) is 5.41 Å². The zero-order valence-electron chi connectivity index (χ0n) is 15.9. The van der Waals surface area contributed by atoms with Crippen LogP contribution in [0.3, 0.4) is 0 Å². The van der Waals surface area contributed by atoms with Crippen LogP contribution in [0.15, 0.2) is 24.3 Å². The first-order valence-corrected chi connectivity index (χ1v) is 9.89. The quantitative estimate of drug-likeness (QED) is 0.733. The van der Waals surface area contributed by atoms with Gasteiger partial charge in [0.05, 0.1) is 24.6 Å². The molecule has 8 nitrogen and oxygen atoms in total. The van der Waals surface area contributed by atoms with Crippen molar-refractivity contribution in [3.8, 4) is 0 Å². The van der Waals surface area contributed by atoms with Crippen molar-refractivity contribution < 1.29 is 14.3 Å². The summed E-state index contributed by atoms with van der Waals surface area (Å²) in [5.41, 5.74) is 0.635. The summed E-state index contributed by atoms with van der Waals surface area (Å²) >= 11 is 6.02. The van der Waals surface area contributed by atoms with Crippen LogP contribution < -0.4 is 0 Å². The molecule has 9 heteroatoms. The van der Waals surface area contributed by atoms with Crippen LogP contribution in [-0.2, 0) is 27.4 Å². The molecule has 4 rings (SSSR count). The molecule has 0 bridgehead atoms. The van der Waals surface area contributed by atoms with E-state index in [-0.39, 0.29) is 11.9 Å². The van der Waals surface area contributed by atoms with E-state index < -0.39 is 5.41 Å². The van der Waals surface area contributed by atoms with Crippen LogP contribution in [0.5, 0.6) is 0 Å². The van der Waals surface area contributed by atoms with E-state index in [2.05, 4.69) is 15.5 Å². The third-order valence-electron chi connectivity index (χ3n) is 5.76. The molecule has 2 aliphatic rings. The molecular weight excluding hydrogens is 382 g/mol. The van der Waals surface area contributed by atoms with Gasteiger partial charge in [0.2, 0.25) is 5.91 Å². The van der Waals surface area contributed by atoms with Gasteiger partial charge in [-0.15, -0.1) is 5.10 Å². The largest absolute Gasteiger partial charge is 0.383 e.